The summed E-state index contributed by atoms with van der Waals surface area (Å²) in [7, 11) is 0. The Morgan fingerprint density at radius 3 is 0.976 bits per heavy atom. The molecule has 481 valence electrons. The number of phenols is 2. The van der Waals surface area contributed by atoms with E-state index >= 15 is 0 Å². The van der Waals surface area contributed by atoms with Gasteiger partial charge >= 0.3 is 6.16 Å². The van der Waals surface area contributed by atoms with Gasteiger partial charge in [0.05, 0.1) is 64.4 Å². The van der Waals surface area contributed by atoms with Gasteiger partial charge in [-0.3, -0.25) is 9.98 Å². The zero-order chi connectivity index (χ0) is 58.2. The molecule has 0 spiro atoms. The monoisotopic (exact) mass is 1190 g/mol. The fraction of sp³-hybridized carbons (Fsp3) is 0.750. The second kappa shape index (κ2) is 44.5. The van der Waals surface area contributed by atoms with E-state index in [9.17, 15) is 10.2 Å². The number of aliphatic imine (C=N–C) groups is 2. The second-order valence-corrected chi connectivity index (χ2v) is 25.7. The molecular formula is C72H133CoN4O5-. The molecule has 3 rings (SSSR count). The van der Waals surface area contributed by atoms with Gasteiger partial charge in [-0.2, -0.15) is 0 Å². The van der Waals surface area contributed by atoms with Gasteiger partial charge in [-0.25, -0.2) is 4.79 Å². The molecule has 0 bridgehead atoms. The molecule has 82 heavy (non-hydrogen) atoms. The van der Waals surface area contributed by atoms with E-state index in [-0.39, 0.29) is 73.8 Å². The van der Waals surface area contributed by atoms with Crippen LogP contribution in [0.25, 0.3) is 0 Å². The Kier molecular flexibility index (Phi) is 45.2. The third kappa shape index (κ3) is 28.1. The maximum Gasteiger partial charge on any atom is 0.503 e. The van der Waals surface area contributed by atoms with Crippen molar-refractivity contribution in [1.29, 1.82) is 0 Å². The number of nitrogens with zero attached hydrogens (tertiary/aromatic N) is 4. The summed E-state index contributed by atoms with van der Waals surface area (Å²) in [5.41, 5.74) is 6.56. The number of carbonyl (C=O) groups is 1. The zero-order valence-corrected chi connectivity index (χ0v) is 57.7. The van der Waals surface area contributed by atoms with Crippen LogP contribution in [-0.2, 0) is 27.6 Å². The van der Waals surface area contributed by atoms with Crippen molar-refractivity contribution >= 4 is 18.6 Å². The molecule has 1 fully saturated rings. The van der Waals surface area contributed by atoms with Crippen molar-refractivity contribution in [2.75, 3.05) is 52.4 Å². The minimum Gasteiger partial charge on any atom is -0.507 e. The van der Waals surface area contributed by atoms with Gasteiger partial charge in [-0.05, 0) is 147 Å². The molecule has 0 aliphatic heterocycles. The third-order valence-corrected chi connectivity index (χ3v) is 18.3. The fourth-order valence-electron chi connectivity index (χ4n) is 12.8. The molecule has 2 aromatic carbocycles. The van der Waals surface area contributed by atoms with E-state index in [0.717, 1.165) is 73.6 Å². The maximum atomic E-state index is 12.2. The second-order valence-electron chi connectivity index (χ2n) is 25.7. The topological polar surface area (TPSA) is 123 Å². The summed E-state index contributed by atoms with van der Waals surface area (Å²) in [6.07, 6.45) is 33.8. The smallest absolute Gasteiger partial charge is 0.503 e. The predicted molar refractivity (Wildman–Crippen MR) is 357 cm³/mol. The summed E-state index contributed by atoms with van der Waals surface area (Å²) in [5.74, 6) is 1.17. The van der Waals surface area contributed by atoms with Gasteiger partial charge in [0.25, 0.3) is 0 Å². The molecule has 1 aliphatic carbocycles. The molecule has 2 atom stereocenters. The molecule has 10 heteroatoms. The number of aromatic hydroxyl groups is 2. The van der Waals surface area contributed by atoms with Gasteiger partial charge < -0.3 is 51.7 Å². The molecule has 2 unspecified atom stereocenters. The van der Waals surface area contributed by atoms with Crippen molar-refractivity contribution in [1.82, 2.24) is 0 Å². The molecule has 1 radical (unpaired) electrons. The van der Waals surface area contributed by atoms with E-state index in [2.05, 4.69) is 121 Å². The number of unbranched alkanes of at least 4 members (excludes halogenated alkanes) is 8. The van der Waals surface area contributed by atoms with Crippen molar-refractivity contribution in [3.05, 3.63) is 79.9 Å². The van der Waals surface area contributed by atoms with E-state index in [1.54, 1.807) is 0 Å². The number of hydrogen-bond acceptors (Lipinski definition) is 5. The number of phenolic OH excluding ortho intramolecular Hbond substituents is 2. The Morgan fingerprint density at radius 1 is 0.488 bits per heavy atom. The fourth-order valence-corrected chi connectivity index (χ4v) is 12.8. The number of rotatable bonds is 40. The largest absolute Gasteiger partial charge is 0.507 e. The minimum atomic E-state index is -1.83. The number of hydrogen-bond donors (Lipinski definition) is 4. The average molecular weight is 1190 g/mol. The number of carboxylic acid groups (broad SMARTS) is 2. The molecule has 1 aliphatic rings. The SMILES string of the molecule is CCCCC(C)(CCCC)c1cc(C=NC2CCCCC2N=Cc2cc(C(C)(CCC[N+](CCCC)(CCCC)CCCC)CCC[N+](CCCC)(CCCC)CCCC)cc(C(C)C)c2O)c(O)c(C(C)C)c1.O=C(O)O.[CH3-].[CH3-].[CH3-].[Co]. The summed E-state index contributed by atoms with van der Waals surface area (Å²) in [6, 6.07) is 9.37. The van der Waals surface area contributed by atoms with E-state index in [0.29, 0.717) is 11.5 Å². The van der Waals surface area contributed by atoms with Crippen molar-refractivity contribution in [3.8, 4) is 11.5 Å². The normalized spacial score (nSPS) is 15.0. The van der Waals surface area contributed by atoms with Gasteiger partial charge in [0.2, 0.25) is 0 Å². The summed E-state index contributed by atoms with van der Waals surface area (Å²) in [5, 5.41) is 37.9. The summed E-state index contributed by atoms with van der Waals surface area (Å²) in [4.78, 5) is 19.3. The van der Waals surface area contributed by atoms with Gasteiger partial charge in [0.1, 0.15) is 11.5 Å². The van der Waals surface area contributed by atoms with Crippen molar-refractivity contribution in [2.45, 2.75) is 299 Å². The van der Waals surface area contributed by atoms with Gasteiger partial charge in [-0.1, -0.05) is 186 Å². The van der Waals surface area contributed by atoms with Crippen LogP contribution in [0, 0.1) is 22.3 Å². The molecule has 4 N–H and O–H groups in total. The van der Waals surface area contributed by atoms with Crippen LogP contribution in [0.4, 0.5) is 4.79 Å². The molecule has 2 aromatic rings. The molecular weight excluding hydrogens is 1060 g/mol. The predicted octanol–water partition coefficient (Wildman–Crippen LogP) is 20.7. The van der Waals surface area contributed by atoms with E-state index < -0.39 is 6.16 Å². The molecule has 1 saturated carbocycles. The van der Waals surface area contributed by atoms with Crippen molar-refractivity contribution in [2.24, 2.45) is 9.98 Å². The third-order valence-electron chi connectivity index (χ3n) is 18.3. The van der Waals surface area contributed by atoms with E-state index in [1.165, 1.54) is 188 Å². The van der Waals surface area contributed by atoms with Crippen LogP contribution >= 0.6 is 0 Å². The number of benzene rings is 2. The van der Waals surface area contributed by atoms with Gasteiger partial charge in [0, 0.05) is 40.3 Å². The first kappa shape index (κ1) is 83.3. The first-order valence-electron chi connectivity index (χ1n) is 32.7. The quantitative estimate of drug-likeness (QED) is 0.0301. The van der Waals surface area contributed by atoms with Crippen LogP contribution in [0.2, 0.25) is 0 Å². The number of quaternary nitrogens is 2. The standard InChI is InChI=1S/C68H120N4O2.CH2O3.3CH3.Co/c1-15-23-37-67(13,38-24-16-2)59-49-57(65(73)61(51-59)55(9)10)53-69-63-35-31-32-36-64(63)70-54-58-50-60(52-62(56(11)12)66(58)74)68(14,39-33-47-71(41-25-17-3,42-26-18-4)43-27-19-5)40-34-48-72(44-28-20-6,45-29-21-7)46-30-22-8;2-1(3)4;;;;/h49-56,63-64H,15-48H2,1-14H3;(H2,2,3,4);3*1H3;/q;;3*-1;/p+2. The Bertz CT molecular complexity index is 1920. The summed E-state index contributed by atoms with van der Waals surface area (Å²) >= 11 is 0. The van der Waals surface area contributed by atoms with E-state index in [4.69, 9.17) is 25.0 Å². The Hall–Kier alpha value is -2.92. The van der Waals surface area contributed by atoms with Crippen molar-refractivity contribution in [3.63, 3.8) is 0 Å². The summed E-state index contributed by atoms with van der Waals surface area (Å²) in [6.45, 7) is 43.2. The molecule has 0 amide bonds. The van der Waals surface area contributed by atoms with Crippen LogP contribution in [0.15, 0.2) is 34.3 Å². The zero-order valence-electron chi connectivity index (χ0n) is 56.6. The molecule has 9 nitrogen and oxygen atoms in total. The Labute approximate surface area is 519 Å². The maximum absolute atomic E-state index is 12.2. The van der Waals surface area contributed by atoms with Crippen LogP contribution in [0.5, 0.6) is 11.5 Å². The van der Waals surface area contributed by atoms with Crippen molar-refractivity contribution < 1.29 is 51.0 Å². The van der Waals surface area contributed by atoms with Crippen LogP contribution in [0.3, 0.4) is 0 Å². The first-order chi connectivity index (χ1) is 37.2. The van der Waals surface area contributed by atoms with Gasteiger partial charge in [0.15, 0.2) is 0 Å². The Balaban J connectivity index is -0.00000754. The molecule has 0 aromatic heterocycles. The van der Waals surface area contributed by atoms with Crippen LogP contribution in [-0.4, -0.2) is 112 Å². The van der Waals surface area contributed by atoms with Crippen LogP contribution in [0.1, 0.15) is 309 Å². The molecule has 0 saturated heterocycles. The average Bonchev–Trinajstić information content (AvgIpc) is 3.42. The Morgan fingerprint density at radius 2 is 0.732 bits per heavy atom. The first-order valence-corrected chi connectivity index (χ1v) is 32.7. The van der Waals surface area contributed by atoms with Gasteiger partial charge in [-0.15, -0.1) is 0 Å². The minimum absolute atomic E-state index is 0. The van der Waals surface area contributed by atoms with Crippen LogP contribution < -0.4 is 0 Å². The summed E-state index contributed by atoms with van der Waals surface area (Å²) < 4.78 is 2.57. The molecule has 0 heterocycles. The van der Waals surface area contributed by atoms with E-state index in [1.807, 2.05) is 12.4 Å².